The first-order valence-corrected chi connectivity index (χ1v) is 12.7. The Morgan fingerprint density at radius 2 is 1.51 bits per heavy atom. The van der Waals surface area contributed by atoms with Gasteiger partial charge < -0.3 is 20.5 Å². The molecule has 4 atom stereocenters. The zero-order chi connectivity index (χ0) is 24.4. The Kier molecular flexibility index (Phi) is 6.75. The number of amides is 2. The highest BCUT2D eigenvalue weighted by Gasteiger charge is 2.36. The predicted molar refractivity (Wildman–Crippen MR) is 131 cm³/mol. The van der Waals surface area contributed by atoms with E-state index in [4.69, 9.17) is 4.74 Å². The van der Waals surface area contributed by atoms with Crippen LogP contribution >= 0.6 is 0 Å². The van der Waals surface area contributed by atoms with Crippen LogP contribution in [0.2, 0.25) is 0 Å². The predicted octanol–water partition coefficient (Wildman–Crippen LogP) is 4.45. The molecule has 7 nitrogen and oxygen atoms in total. The van der Waals surface area contributed by atoms with E-state index < -0.39 is 18.0 Å². The molecule has 2 aromatic rings. The molecule has 0 saturated heterocycles. The molecule has 3 aliphatic rings. The van der Waals surface area contributed by atoms with Gasteiger partial charge >= 0.3 is 12.1 Å². The lowest BCUT2D eigenvalue weighted by Crippen LogP contribution is -2.46. The van der Waals surface area contributed by atoms with E-state index >= 15 is 0 Å². The fourth-order valence-corrected chi connectivity index (χ4v) is 6.09. The molecule has 5 rings (SSSR count). The second-order valence-electron chi connectivity index (χ2n) is 10.0. The maximum atomic E-state index is 12.8. The van der Waals surface area contributed by atoms with Gasteiger partial charge in [-0.05, 0) is 54.4 Å². The number of alkyl carbamates (subject to hydrolysis) is 1. The third kappa shape index (κ3) is 4.90. The van der Waals surface area contributed by atoms with Crippen molar-refractivity contribution in [1.82, 2.24) is 10.6 Å². The summed E-state index contributed by atoms with van der Waals surface area (Å²) in [5, 5.41) is 15.3. The van der Waals surface area contributed by atoms with Crippen LogP contribution in [0, 0.1) is 11.8 Å². The number of fused-ring (bicyclic) bond motifs is 3. The first-order chi connectivity index (χ1) is 17.0. The SMILES string of the molecule is O=C(N[C@@H]1CCC[C@@H](C(=O)NC2CCCC2C(=O)O)C1)OCC1c2ccccc2-c2ccccc21. The van der Waals surface area contributed by atoms with Crippen LogP contribution in [0.3, 0.4) is 0 Å². The largest absolute Gasteiger partial charge is 0.481 e. The van der Waals surface area contributed by atoms with E-state index in [-0.39, 0.29) is 36.4 Å². The third-order valence-electron chi connectivity index (χ3n) is 7.87. The smallest absolute Gasteiger partial charge is 0.407 e. The second kappa shape index (κ2) is 10.1. The lowest BCUT2D eigenvalue weighted by Gasteiger charge is -2.30. The van der Waals surface area contributed by atoms with E-state index in [0.717, 1.165) is 25.7 Å². The van der Waals surface area contributed by atoms with Crippen molar-refractivity contribution in [1.29, 1.82) is 0 Å². The number of hydrogen-bond acceptors (Lipinski definition) is 4. The number of rotatable bonds is 6. The van der Waals surface area contributed by atoms with E-state index in [0.29, 0.717) is 19.3 Å². The average molecular weight is 477 g/mol. The molecule has 7 heteroatoms. The van der Waals surface area contributed by atoms with Crippen LogP contribution in [0.5, 0.6) is 0 Å². The van der Waals surface area contributed by atoms with Gasteiger partial charge in [0.25, 0.3) is 0 Å². The molecular weight excluding hydrogens is 444 g/mol. The minimum absolute atomic E-state index is 0.00613. The van der Waals surface area contributed by atoms with Crippen LogP contribution in [-0.4, -0.2) is 41.8 Å². The van der Waals surface area contributed by atoms with Crippen molar-refractivity contribution in [3.8, 4) is 11.1 Å². The lowest BCUT2D eigenvalue weighted by atomic mass is 9.85. The average Bonchev–Trinajstić information content (AvgIpc) is 3.45. The molecule has 0 aliphatic heterocycles. The standard InChI is InChI=1S/C28H32N2O5/c31-26(30-25-14-6-13-23(25)27(32)33)17-7-5-8-18(15-17)29-28(34)35-16-24-21-11-3-1-9-19(21)20-10-2-4-12-22(20)24/h1-4,9-12,17-18,23-25H,5-8,13-16H2,(H,29,34)(H,30,31)(H,32,33)/t17-,18-,23?,25?/m1/s1. The van der Waals surface area contributed by atoms with Gasteiger partial charge in [-0.2, -0.15) is 0 Å². The van der Waals surface area contributed by atoms with Crippen molar-refractivity contribution >= 4 is 18.0 Å². The molecule has 0 radical (unpaired) electrons. The van der Waals surface area contributed by atoms with Gasteiger partial charge in [0.15, 0.2) is 0 Å². The molecular formula is C28H32N2O5. The Hall–Kier alpha value is -3.35. The summed E-state index contributed by atoms with van der Waals surface area (Å²) in [6.07, 6.45) is 4.60. The van der Waals surface area contributed by atoms with Crippen LogP contribution in [0.1, 0.15) is 62.0 Å². The van der Waals surface area contributed by atoms with Gasteiger partial charge in [-0.3, -0.25) is 9.59 Å². The van der Waals surface area contributed by atoms with Crippen molar-refractivity contribution < 1.29 is 24.2 Å². The third-order valence-corrected chi connectivity index (χ3v) is 7.87. The van der Waals surface area contributed by atoms with Crippen LogP contribution in [0.15, 0.2) is 48.5 Å². The number of carbonyl (C=O) groups is 3. The van der Waals surface area contributed by atoms with Crippen molar-refractivity contribution in [3.63, 3.8) is 0 Å². The van der Waals surface area contributed by atoms with E-state index in [2.05, 4.69) is 34.9 Å². The lowest BCUT2D eigenvalue weighted by molar-refractivity contribution is -0.142. The Morgan fingerprint density at radius 3 is 2.20 bits per heavy atom. The van der Waals surface area contributed by atoms with Crippen molar-refractivity contribution in [2.24, 2.45) is 11.8 Å². The molecule has 0 heterocycles. The summed E-state index contributed by atoms with van der Waals surface area (Å²) in [6.45, 7) is 0.259. The summed E-state index contributed by atoms with van der Waals surface area (Å²) in [7, 11) is 0. The Balaban J connectivity index is 1.14. The highest BCUT2D eigenvalue weighted by Crippen LogP contribution is 2.44. The number of carbonyl (C=O) groups excluding carboxylic acids is 2. The van der Waals surface area contributed by atoms with Gasteiger partial charge in [0.05, 0.1) is 5.92 Å². The van der Waals surface area contributed by atoms with E-state index in [9.17, 15) is 19.5 Å². The highest BCUT2D eigenvalue weighted by atomic mass is 16.5. The fraction of sp³-hybridized carbons (Fsp3) is 0.464. The summed E-state index contributed by atoms with van der Waals surface area (Å²) in [5.41, 5.74) is 4.71. The fourth-order valence-electron chi connectivity index (χ4n) is 6.09. The van der Waals surface area contributed by atoms with E-state index in [1.165, 1.54) is 22.3 Å². The minimum atomic E-state index is -0.841. The molecule has 184 valence electrons. The topological polar surface area (TPSA) is 105 Å². The van der Waals surface area contributed by atoms with Gasteiger partial charge in [-0.15, -0.1) is 0 Å². The molecule has 2 unspecified atom stereocenters. The molecule has 0 aromatic heterocycles. The molecule has 0 bridgehead atoms. The molecule has 2 amide bonds. The summed E-state index contributed by atoms with van der Waals surface area (Å²) in [5.74, 6) is -1.66. The zero-order valence-electron chi connectivity index (χ0n) is 19.7. The first-order valence-electron chi connectivity index (χ1n) is 12.7. The van der Waals surface area contributed by atoms with E-state index in [1.54, 1.807) is 0 Å². The van der Waals surface area contributed by atoms with Crippen molar-refractivity contribution in [3.05, 3.63) is 59.7 Å². The van der Waals surface area contributed by atoms with E-state index in [1.807, 2.05) is 24.3 Å². The van der Waals surface area contributed by atoms with Gasteiger partial charge in [-0.25, -0.2) is 4.79 Å². The summed E-state index contributed by atoms with van der Waals surface area (Å²) >= 11 is 0. The van der Waals surface area contributed by atoms with Gasteiger partial charge in [0.2, 0.25) is 5.91 Å². The minimum Gasteiger partial charge on any atom is -0.481 e. The monoisotopic (exact) mass is 476 g/mol. The Labute approximate surface area is 205 Å². The summed E-state index contributed by atoms with van der Waals surface area (Å²) in [6, 6.07) is 16.0. The van der Waals surface area contributed by atoms with Crippen LogP contribution in [0.4, 0.5) is 4.79 Å². The number of carboxylic acid groups (broad SMARTS) is 1. The summed E-state index contributed by atoms with van der Waals surface area (Å²) in [4.78, 5) is 36.9. The van der Waals surface area contributed by atoms with Crippen molar-refractivity contribution in [2.75, 3.05) is 6.61 Å². The van der Waals surface area contributed by atoms with Gasteiger partial charge in [-0.1, -0.05) is 61.4 Å². The van der Waals surface area contributed by atoms with Gasteiger partial charge in [0.1, 0.15) is 6.61 Å². The maximum Gasteiger partial charge on any atom is 0.407 e. The molecule has 2 aromatic carbocycles. The normalized spacial score (nSPS) is 25.4. The molecule has 0 spiro atoms. The molecule has 2 saturated carbocycles. The first kappa shape index (κ1) is 23.4. The van der Waals surface area contributed by atoms with Crippen LogP contribution in [-0.2, 0) is 14.3 Å². The quantitative estimate of drug-likeness (QED) is 0.571. The molecule has 3 N–H and O–H groups in total. The number of hydrogen-bond donors (Lipinski definition) is 3. The molecule has 35 heavy (non-hydrogen) atoms. The number of nitrogens with one attached hydrogen (secondary N) is 2. The number of benzene rings is 2. The molecule has 3 aliphatic carbocycles. The van der Waals surface area contributed by atoms with Crippen LogP contribution < -0.4 is 10.6 Å². The summed E-state index contributed by atoms with van der Waals surface area (Å²) < 4.78 is 5.67. The maximum absolute atomic E-state index is 12.8. The molecule has 2 fully saturated rings. The number of ether oxygens (including phenoxy) is 1. The number of carboxylic acids is 1. The second-order valence-corrected chi connectivity index (χ2v) is 10.0. The number of aliphatic carboxylic acids is 1. The van der Waals surface area contributed by atoms with Crippen LogP contribution in [0.25, 0.3) is 11.1 Å². The van der Waals surface area contributed by atoms with Crippen molar-refractivity contribution in [2.45, 2.75) is 62.9 Å². The Bertz CT molecular complexity index is 1070. The Morgan fingerprint density at radius 1 is 0.857 bits per heavy atom. The van der Waals surface area contributed by atoms with Gasteiger partial charge in [0, 0.05) is 23.9 Å². The highest BCUT2D eigenvalue weighted by molar-refractivity contribution is 5.81. The zero-order valence-corrected chi connectivity index (χ0v) is 19.7.